The standard InChI is InChI=1S/C14H14N2O3/c1-8-2-10-5-15-12-4-13(18)9(7-17)3-11(12)14(19)16(10)6-8/h3-5,10,17-18H,1-2,6-7H2/t10-/m0/s1. The van der Waals surface area contributed by atoms with E-state index in [4.69, 9.17) is 5.11 Å². The van der Waals surface area contributed by atoms with Crippen LogP contribution in [0.4, 0.5) is 5.69 Å². The van der Waals surface area contributed by atoms with Crippen molar-refractivity contribution in [3.05, 3.63) is 35.4 Å². The molecule has 0 unspecified atom stereocenters. The summed E-state index contributed by atoms with van der Waals surface area (Å²) in [4.78, 5) is 18.5. The summed E-state index contributed by atoms with van der Waals surface area (Å²) in [6.45, 7) is 4.13. The van der Waals surface area contributed by atoms with Gasteiger partial charge in [-0.1, -0.05) is 12.2 Å². The predicted octanol–water partition coefficient (Wildman–Crippen LogP) is 1.37. The van der Waals surface area contributed by atoms with Crippen molar-refractivity contribution in [3.63, 3.8) is 0 Å². The first-order valence-electron chi connectivity index (χ1n) is 6.08. The van der Waals surface area contributed by atoms with Crippen LogP contribution in [0.25, 0.3) is 0 Å². The van der Waals surface area contributed by atoms with Gasteiger partial charge >= 0.3 is 0 Å². The number of phenols is 1. The van der Waals surface area contributed by atoms with Gasteiger partial charge in [0.05, 0.1) is 23.9 Å². The largest absolute Gasteiger partial charge is 0.508 e. The van der Waals surface area contributed by atoms with Crippen LogP contribution < -0.4 is 0 Å². The van der Waals surface area contributed by atoms with E-state index in [1.165, 1.54) is 12.1 Å². The number of aliphatic imine (C=N–C) groups is 1. The summed E-state index contributed by atoms with van der Waals surface area (Å²) < 4.78 is 0. The molecule has 1 atom stereocenters. The molecule has 0 saturated carbocycles. The summed E-state index contributed by atoms with van der Waals surface area (Å²) in [5.74, 6) is -0.177. The molecule has 0 spiro atoms. The molecule has 98 valence electrons. The van der Waals surface area contributed by atoms with Crippen molar-refractivity contribution < 1.29 is 15.0 Å². The van der Waals surface area contributed by atoms with Gasteiger partial charge in [0, 0.05) is 24.4 Å². The van der Waals surface area contributed by atoms with Gasteiger partial charge in [0.2, 0.25) is 0 Å². The lowest BCUT2D eigenvalue weighted by Gasteiger charge is -2.19. The molecule has 5 heteroatoms. The van der Waals surface area contributed by atoms with E-state index in [9.17, 15) is 9.90 Å². The number of aliphatic hydroxyl groups excluding tert-OH is 1. The Hall–Kier alpha value is -2.14. The normalized spacial score (nSPS) is 21.3. The molecule has 1 fully saturated rings. The number of amides is 1. The van der Waals surface area contributed by atoms with Crippen molar-refractivity contribution in [2.24, 2.45) is 4.99 Å². The fourth-order valence-corrected chi connectivity index (χ4v) is 2.53. The summed E-state index contributed by atoms with van der Waals surface area (Å²) in [5.41, 5.74) is 2.20. The minimum absolute atomic E-state index is 0.0438. The zero-order valence-corrected chi connectivity index (χ0v) is 10.3. The maximum Gasteiger partial charge on any atom is 0.256 e. The van der Waals surface area contributed by atoms with Gasteiger partial charge in [-0.2, -0.15) is 0 Å². The molecule has 1 saturated heterocycles. The molecule has 2 aliphatic heterocycles. The van der Waals surface area contributed by atoms with Crippen LogP contribution in [0, 0.1) is 0 Å². The molecule has 3 rings (SSSR count). The van der Waals surface area contributed by atoms with Crippen molar-refractivity contribution in [1.82, 2.24) is 4.90 Å². The Morgan fingerprint density at radius 3 is 3.00 bits per heavy atom. The fraction of sp³-hybridized carbons (Fsp3) is 0.286. The van der Waals surface area contributed by atoms with E-state index in [1.807, 2.05) is 0 Å². The minimum Gasteiger partial charge on any atom is -0.508 e. The molecule has 1 aromatic rings. The molecular weight excluding hydrogens is 244 g/mol. The van der Waals surface area contributed by atoms with E-state index in [-0.39, 0.29) is 24.3 Å². The lowest BCUT2D eigenvalue weighted by Crippen LogP contribution is -2.35. The highest BCUT2D eigenvalue weighted by Crippen LogP contribution is 2.34. The quantitative estimate of drug-likeness (QED) is 0.747. The average Bonchev–Trinajstić information content (AvgIpc) is 2.71. The monoisotopic (exact) mass is 258 g/mol. The second-order valence-electron chi connectivity index (χ2n) is 4.89. The fourth-order valence-electron chi connectivity index (χ4n) is 2.53. The number of hydrogen-bond donors (Lipinski definition) is 2. The third-order valence-corrected chi connectivity index (χ3v) is 3.54. The van der Waals surface area contributed by atoms with Crippen LogP contribution in [0.1, 0.15) is 22.3 Å². The van der Waals surface area contributed by atoms with Crippen LogP contribution in [0.2, 0.25) is 0 Å². The number of hydrogen-bond acceptors (Lipinski definition) is 4. The Morgan fingerprint density at radius 1 is 1.47 bits per heavy atom. The smallest absolute Gasteiger partial charge is 0.256 e. The number of aliphatic hydroxyl groups is 1. The highest BCUT2D eigenvalue weighted by molar-refractivity contribution is 6.03. The van der Waals surface area contributed by atoms with Crippen LogP contribution in [-0.2, 0) is 6.61 Å². The second-order valence-corrected chi connectivity index (χ2v) is 4.89. The molecule has 2 heterocycles. The number of fused-ring (bicyclic) bond motifs is 2. The summed E-state index contributed by atoms with van der Waals surface area (Å²) in [6.07, 6.45) is 2.45. The molecule has 19 heavy (non-hydrogen) atoms. The second kappa shape index (κ2) is 4.20. The van der Waals surface area contributed by atoms with E-state index in [2.05, 4.69) is 11.6 Å². The summed E-state index contributed by atoms with van der Waals surface area (Å²) in [7, 11) is 0. The predicted molar refractivity (Wildman–Crippen MR) is 70.8 cm³/mol. The Labute approximate surface area is 110 Å². The molecule has 5 nitrogen and oxygen atoms in total. The zero-order chi connectivity index (χ0) is 13.6. The number of carbonyl (C=O) groups excluding carboxylic acids is 1. The van der Waals surface area contributed by atoms with E-state index in [0.29, 0.717) is 23.4 Å². The SMILES string of the molecule is C=C1C[C@H]2C=Nc3cc(O)c(CO)cc3C(=O)N2C1. The first-order valence-corrected chi connectivity index (χ1v) is 6.08. The van der Waals surface area contributed by atoms with Crippen LogP contribution in [-0.4, -0.2) is 39.8 Å². The van der Waals surface area contributed by atoms with Gasteiger partial charge in [0.1, 0.15) is 5.75 Å². The highest BCUT2D eigenvalue weighted by atomic mass is 16.3. The van der Waals surface area contributed by atoms with Crippen LogP contribution in [0.3, 0.4) is 0 Å². The van der Waals surface area contributed by atoms with Gasteiger partial charge in [-0.25, -0.2) is 0 Å². The van der Waals surface area contributed by atoms with Gasteiger partial charge in [-0.15, -0.1) is 0 Å². The maximum atomic E-state index is 12.5. The average molecular weight is 258 g/mol. The van der Waals surface area contributed by atoms with E-state index >= 15 is 0 Å². The van der Waals surface area contributed by atoms with Crippen LogP contribution in [0.5, 0.6) is 5.75 Å². The van der Waals surface area contributed by atoms with Crippen molar-refractivity contribution in [3.8, 4) is 5.75 Å². The Morgan fingerprint density at radius 2 is 2.26 bits per heavy atom. The zero-order valence-electron chi connectivity index (χ0n) is 10.3. The Kier molecular flexibility index (Phi) is 2.64. The number of aromatic hydroxyl groups is 1. The molecule has 2 aliphatic rings. The number of rotatable bonds is 1. The molecular formula is C14H14N2O3. The molecule has 2 N–H and O–H groups in total. The molecule has 1 aromatic carbocycles. The summed E-state index contributed by atoms with van der Waals surface area (Å²) in [6, 6.07) is 2.87. The van der Waals surface area contributed by atoms with Gasteiger partial charge in [0.15, 0.2) is 0 Å². The number of nitrogens with zero attached hydrogens (tertiary/aromatic N) is 2. The molecule has 0 aliphatic carbocycles. The first-order chi connectivity index (χ1) is 9.10. The van der Waals surface area contributed by atoms with Crippen molar-refractivity contribution in [2.75, 3.05) is 6.54 Å². The van der Waals surface area contributed by atoms with Gasteiger partial charge in [-0.05, 0) is 12.5 Å². The van der Waals surface area contributed by atoms with Crippen molar-refractivity contribution in [2.45, 2.75) is 19.1 Å². The lowest BCUT2D eigenvalue weighted by molar-refractivity contribution is 0.0778. The summed E-state index contributed by atoms with van der Waals surface area (Å²) in [5, 5.41) is 18.9. The highest BCUT2D eigenvalue weighted by Gasteiger charge is 2.33. The summed E-state index contributed by atoms with van der Waals surface area (Å²) >= 11 is 0. The third kappa shape index (κ3) is 1.82. The third-order valence-electron chi connectivity index (χ3n) is 3.54. The van der Waals surface area contributed by atoms with Gasteiger partial charge in [0.25, 0.3) is 5.91 Å². The van der Waals surface area contributed by atoms with Crippen molar-refractivity contribution in [1.29, 1.82) is 0 Å². The number of benzene rings is 1. The van der Waals surface area contributed by atoms with E-state index in [1.54, 1.807) is 11.1 Å². The van der Waals surface area contributed by atoms with Gasteiger partial charge < -0.3 is 15.1 Å². The van der Waals surface area contributed by atoms with Crippen LogP contribution >= 0.6 is 0 Å². The lowest BCUT2D eigenvalue weighted by atomic mass is 10.1. The maximum absolute atomic E-state index is 12.5. The number of carbonyl (C=O) groups is 1. The van der Waals surface area contributed by atoms with Crippen molar-refractivity contribution >= 4 is 17.8 Å². The molecule has 1 amide bonds. The Balaban J connectivity index is 2.11. The molecule has 0 radical (unpaired) electrons. The molecule has 0 aromatic heterocycles. The van der Waals surface area contributed by atoms with E-state index < -0.39 is 0 Å². The molecule has 0 bridgehead atoms. The minimum atomic E-state index is -0.313. The van der Waals surface area contributed by atoms with Crippen LogP contribution in [0.15, 0.2) is 29.3 Å². The Bertz CT molecular complexity index is 607. The first kappa shape index (κ1) is 11.9. The topological polar surface area (TPSA) is 73.1 Å². The van der Waals surface area contributed by atoms with E-state index in [0.717, 1.165) is 12.0 Å². The van der Waals surface area contributed by atoms with Gasteiger partial charge in [-0.3, -0.25) is 9.79 Å².